The lowest BCUT2D eigenvalue weighted by Crippen LogP contribution is -2.80. The molecule has 2 aliphatic carbocycles. The van der Waals surface area contributed by atoms with Crippen molar-refractivity contribution in [1.82, 2.24) is 4.90 Å². The van der Waals surface area contributed by atoms with E-state index in [1.54, 1.807) is 0 Å². The molecule has 3 fully saturated rings. The monoisotopic (exact) mass is 280 g/mol. The van der Waals surface area contributed by atoms with Gasteiger partial charge < -0.3 is 15.4 Å². The van der Waals surface area contributed by atoms with Crippen LogP contribution in [0.2, 0.25) is 0 Å². The predicted octanol–water partition coefficient (Wildman–Crippen LogP) is 1.78. The van der Waals surface area contributed by atoms with Gasteiger partial charge in [-0.05, 0) is 25.2 Å². The molecule has 3 atom stereocenters. The van der Waals surface area contributed by atoms with E-state index in [-0.39, 0.29) is 23.3 Å². The van der Waals surface area contributed by atoms with Crippen LogP contribution in [-0.4, -0.2) is 41.6 Å². The summed E-state index contributed by atoms with van der Waals surface area (Å²) in [7, 11) is 0. The average molecular weight is 280 g/mol. The summed E-state index contributed by atoms with van der Waals surface area (Å²) in [6.45, 7) is 10.1. The highest BCUT2D eigenvalue weighted by molar-refractivity contribution is 5.90. The molecule has 1 saturated heterocycles. The zero-order valence-electron chi connectivity index (χ0n) is 13.2. The topological polar surface area (TPSA) is 55.6 Å². The Morgan fingerprint density at radius 2 is 2.00 bits per heavy atom. The van der Waals surface area contributed by atoms with Gasteiger partial charge in [-0.2, -0.15) is 0 Å². The van der Waals surface area contributed by atoms with E-state index in [2.05, 4.69) is 32.6 Å². The Morgan fingerprint density at radius 3 is 2.55 bits per heavy atom. The highest BCUT2D eigenvalue weighted by Gasteiger charge is 2.72. The molecule has 20 heavy (non-hydrogen) atoms. The summed E-state index contributed by atoms with van der Waals surface area (Å²) in [5.41, 5.74) is 5.70. The van der Waals surface area contributed by atoms with Gasteiger partial charge in [0.15, 0.2) is 0 Å². The lowest BCUT2D eigenvalue weighted by molar-refractivity contribution is -0.185. The van der Waals surface area contributed by atoms with Crippen LogP contribution in [0.3, 0.4) is 0 Å². The van der Waals surface area contributed by atoms with Crippen LogP contribution in [0.4, 0.5) is 0 Å². The van der Waals surface area contributed by atoms with Crippen LogP contribution in [0.1, 0.15) is 47.0 Å². The van der Waals surface area contributed by atoms with Gasteiger partial charge in [-0.3, -0.25) is 4.79 Å². The Kier molecular flexibility index (Phi) is 3.18. The third-order valence-corrected chi connectivity index (χ3v) is 5.62. The van der Waals surface area contributed by atoms with Crippen molar-refractivity contribution in [3.63, 3.8) is 0 Å². The first kappa shape index (κ1) is 14.3. The standard InChI is InChI=1S/C16H28N2O2/c1-10(2)9-18(11-5-6-11)14(19)16(17)12-7-8-20-13(12)15(16,3)4/h10-13H,5-9,17H2,1-4H3. The molecule has 1 amide bonds. The number of carbonyl (C=O) groups excluding carboxylic acids is 1. The van der Waals surface area contributed by atoms with Crippen molar-refractivity contribution in [2.24, 2.45) is 23.0 Å². The molecule has 2 saturated carbocycles. The van der Waals surface area contributed by atoms with E-state index in [0.717, 1.165) is 32.4 Å². The molecular weight excluding hydrogens is 252 g/mol. The van der Waals surface area contributed by atoms with Crippen molar-refractivity contribution in [1.29, 1.82) is 0 Å². The van der Waals surface area contributed by atoms with Crippen LogP contribution in [0, 0.1) is 17.3 Å². The van der Waals surface area contributed by atoms with Crippen molar-refractivity contribution in [3.8, 4) is 0 Å². The maximum absolute atomic E-state index is 13.2. The van der Waals surface area contributed by atoms with Crippen LogP contribution < -0.4 is 5.73 Å². The number of carbonyl (C=O) groups is 1. The molecule has 0 spiro atoms. The molecule has 0 radical (unpaired) electrons. The van der Waals surface area contributed by atoms with Crippen molar-refractivity contribution >= 4 is 5.91 Å². The molecule has 2 N–H and O–H groups in total. The number of rotatable bonds is 4. The van der Waals surface area contributed by atoms with Crippen LogP contribution in [0.5, 0.6) is 0 Å². The largest absolute Gasteiger partial charge is 0.377 e. The molecule has 0 aromatic rings. The fourth-order valence-electron chi connectivity index (χ4n) is 4.23. The Bertz CT molecular complexity index is 417. The number of fused-ring (bicyclic) bond motifs is 1. The van der Waals surface area contributed by atoms with Crippen molar-refractivity contribution < 1.29 is 9.53 Å². The number of amides is 1. The molecule has 3 aliphatic rings. The Morgan fingerprint density at radius 1 is 1.35 bits per heavy atom. The second kappa shape index (κ2) is 4.44. The Balaban J connectivity index is 1.84. The Hall–Kier alpha value is -0.610. The van der Waals surface area contributed by atoms with E-state index in [9.17, 15) is 4.79 Å². The van der Waals surface area contributed by atoms with Gasteiger partial charge in [0.1, 0.15) is 5.54 Å². The highest BCUT2D eigenvalue weighted by atomic mass is 16.5. The summed E-state index contributed by atoms with van der Waals surface area (Å²) >= 11 is 0. The van der Waals surface area contributed by atoms with Crippen LogP contribution >= 0.6 is 0 Å². The van der Waals surface area contributed by atoms with Gasteiger partial charge in [0.2, 0.25) is 5.91 Å². The van der Waals surface area contributed by atoms with Crippen molar-refractivity contribution in [2.45, 2.75) is 64.6 Å². The molecule has 4 heteroatoms. The van der Waals surface area contributed by atoms with Crippen LogP contribution in [0.25, 0.3) is 0 Å². The number of ether oxygens (including phenoxy) is 1. The summed E-state index contributed by atoms with van der Waals surface area (Å²) in [5.74, 6) is 0.867. The predicted molar refractivity (Wildman–Crippen MR) is 78.1 cm³/mol. The summed E-state index contributed by atoms with van der Waals surface area (Å²) in [6, 6.07) is 0.433. The molecule has 3 unspecified atom stereocenters. The first-order valence-corrected chi connectivity index (χ1v) is 8.01. The minimum Gasteiger partial charge on any atom is -0.377 e. The number of nitrogens with two attached hydrogens (primary N) is 1. The van der Waals surface area contributed by atoms with E-state index in [1.807, 2.05) is 0 Å². The van der Waals surface area contributed by atoms with Gasteiger partial charge in [0, 0.05) is 30.5 Å². The quantitative estimate of drug-likeness (QED) is 0.854. The SMILES string of the molecule is CC(C)CN(C(=O)C1(N)C2CCOC2C1(C)C)C1CC1. The molecule has 114 valence electrons. The van der Waals surface area contributed by atoms with Gasteiger partial charge in [-0.1, -0.05) is 27.7 Å². The van der Waals surface area contributed by atoms with E-state index >= 15 is 0 Å². The maximum Gasteiger partial charge on any atom is 0.243 e. The molecule has 0 bridgehead atoms. The van der Waals surface area contributed by atoms with Gasteiger partial charge in [-0.25, -0.2) is 0 Å². The van der Waals surface area contributed by atoms with Crippen molar-refractivity contribution in [3.05, 3.63) is 0 Å². The highest BCUT2D eigenvalue weighted by Crippen LogP contribution is 2.59. The van der Waals surface area contributed by atoms with Gasteiger partial charge in [0.25, 0.3) is 0 Å². The number of hydrogen-bond donors (Lipinski definition) is 1. The minimum atomic E-state index is -0.731. The first-order chi connectivity index (χ1) is 9.30. The summed E-state index contributed by atoms with van der Waals surface area (Å²) in [4.78, 5) is 15.2. The molecule has 1 aliphatic heterocycles. The van der Waals surface area contributed by atoms with Crippen LogP contribution in [-0.2, 0) is 9.53 Å². The lowest BCUT2D eigenvalue weighted by Gasteiger charge is -2.61. The fraction of sp³-hybridized carbons (Fsp3) is 0.938. The summed E-state index contributed by atoms with van der Waals surface area (Å²) in [5, 5.41) is 0. The van der Waals surface area contributed by atoms with Gasteiger partial charge in [-0.15, -0.1) is 0 Å². The lowest BCUT2D eigenvalue weighted by atomic mass is 9.47. The maximum atomic E-state index is 13.2. The van der Waals surface area contributed by atoms with E-state index in [4.69, 9.17) is 10.5 Å². The number of nitrogens with zero attached hydrogens (tertiary/aromatic N) is 1. The summed E-state index contributed by atoms with van der Waals surface area (Å²) < 4.78 is 5.80. The molecule has 4 nitrogen and oxygen atoms in total. The molecule has 0 aromatic carbocycles. The second-order valence-corrected chi connectivity index (χ2v) is 7.86. The molecule has 0 aromatic heterocycles. The fourth-order valence-corrected chi connectivity index (χ4v) is 4.23. The third kappa shape index (κ3) is 1.77. The van der Waals surface area contributed by atoms with E-state index in [1.165, 1.54) is 0 Å². The zero-order valence-corrected chi connectivity index (χ0v) is 13.2. The minimum absolute atomic E-state index is 0.163. The molecule has 3 rings (SSSR count). The normalized spacial score (nSPS) is 38.5. The first-order valence-electron chi connectivity index (χ1n) is 8.01. The summed E-state index contributed by atoms with van der Waals surface area (Å²) in [6.07, 6.45) is 3.37. The van der Waals surface area contributed by atoms with Crippen LogP contribution in [0.15, 0.2) is 0 Å². The smallest absolute Gasteiger partial charge is 0.243 e. The third-order valence-electron chi connectivity index (χ3n) is 5.62. The molecule has 1 heterocycles. The Labute approximate surface area is 122 Å². The van der Waals surface area contributed by atoms with Gasteiger partial charge >= 0.3 is 0 Å². The van der Waals surface area contributed by atoms with E-state index < -0.39 is 5.54 Å². The number of hydrogen-bond acceptors (Lipinski definition) is 3. The van der Waals surface area contributed by atoms with Gasteiger partial charge in [0.05, 0.1) is 6.10 Å². The second-order valence-electron chi connectivity index (χ2n) is 7.86. The van der Waals surface area contributed by atoms with E-state index in [0.29, 0.717) is 12.0 Å². The average Bonchev–Trinajstić information content (AvgIpc) is 3.10. The molecular formula is C16H28N2O2. The van der Waals surface area contributed by atoms with Crippen molar-refractivity contribution in [2.75, 3.05) is 13.2 Å². The zero-order chi connectivity index (χ0) is 14.7.